The van der Waals surface area contributed by atoms with E-state index in [4.69, 9.17) is 5.11 Å². The minimum Gasteiger partial charge on any atom is -0.540 e. The van der Waals surface area contributed by atoms with E-state index in [9.17, 15) is 9.59 Å². The summed E-state index contributed by atoms with van der Waals surface area (Å²) >= 11 is 0. The monoisotopic (exact) mass is 371 g/mol. The number of aliphatic carboxylic acids is 1. The van der Waals surface area contributed by atoms with Crippen LogP contribution in [0.3, 0.4) is 0 Å². The maximum absolute atomic E-state index is 9.98. The number of carbonyl (C=O) groups excluding carboxylic acids is 1. The molecule has 0 rings (SSSR count). The molecule has 0 bridgehead atoms. The predicted molar refractivity (Wildman–Crippen MR) is 35.4 cm³/mol. The Labute approximate surface area is 101 Å². The Balaban J connectivity index is 0. The molecule has 0 saturated carbocycles. The SMILES string of the molecule is CN[C@H]([C-]=O)CCC(=O)O.[Ac]. The van der Waals surface area contributed by atoms with Gasteiger partial charge in [-0.1, -0.05) is 12.5 Å². The van der Waals surface area contributed by atoms with E-state index in [0.29, 0.717) is 6.42 Å². The second-order valence-corrected chi connectivity index (χ2v) is 1.89. The molecule has 1 atom stereocenters. The van der Waals surface area contributed by atoms with Crippen LogP contribution in [0.4, 0.5) is 0 Å². The Kier molecular flexibility index (Phi) is 11.1. The molecule has 0 aliphatic heterocycles. The van der Waals surface area contributed by atoms with Crippen LogP contribution in [0.2, 0.25) is 0 Å². The first kappa shape index (κ1) is 14.1. The van der Waals surface area contributed by atoms with Crippen LogP contribution in [0, 0.1) is 44.1 Å². The fraction of sp³-hybridized carbons (Fsp3) is 0.667. The van der Waals surface area contributed by atoms with E-state index >= 15 is 0 Å². The molecule has 2 N–H and O–H groups in total. The van der Waals surface area contributed by atoms with Crippen molar-refractivity contribution < 1.29 is 58.8 Å². The average molecular weight is 371 g/mol. The summed E-state index contributed by atoms with van der Waals surface area (Å²) in [7, 11) is 1.59. The molecule has 0 unspecified atom stereocenters. The van der Waals surface area contributed by atoms with Crippen molar-refractivity contribution in [2.45, 2.75) is 18.9 Å². The summed E-state index contributed by atoms with van der Waals surface area (Å²) < 4.78 is 0. The molecule has 0 aromatic rings. The maximum Gasteiger partial charge on any atom is 0.303 e. The number of likely N-dealkylation sites (N-methyl/N-ethyl adjacent to an activating group) is 1. The summed E-state index contributed by atoms with van der Waals surface area (Å²) in [6.07, 6.45) is 1.98. The second kappa shape index (κ2) is 8.64. The first-order chi connectivity index (χ1) is 4.70. The Bertz CT molecular complexity index is 129. The minimum absolute atomic E-state index is 0. The third-order valence-corrected chi connectivity index (χ3v) is 1.14. The van der Waals surface area contributed by atoms with Crippen molar-refractivity contribution in [3.8, 4) is 0 Å². The molecule has 0 aliphatic carbocycles. The van der Waals surface area contributed by atoms with Crippen LogP contribution >= 0.6 is 0 Å². The van der Waals surface area contributed by atoms with Crippen LogP contribution < -0.4 is 5.32 Å². The van der Waals surface area contributed by atoms with Gasteiger partial charge in [-0.05, 0) is 7.05 Å². The van der Waals surface area contributed by atoms with Crippen LogP contribution in [0.25, 0.3) is 0 Å². The Hall–Kier alpha value is 0.542. The molecule has 0 heterocycles. The van der Waals surface area contributed by atoms with E-state index < -0.39 is 12.0 Å². The number of carbonyl (C=O) groups is 1. The first-order valence-corrected chi connectivity index (χ1v) is 2.97. The maximum atomic E-state index is 9.98. The van der Waals surface area contributed by atoms with Gasteiger partial charge in [0, 0.05) is 50.5 Å². The third-order valence-electron chi connectivity index (χ3n) is 1.14. The first-order valence-electron chi connectivity index (χ1n) is 2.97. The third kappa shape index (κ3) is 8.45. The van der Waals surface area contributed by atoms with Gasteiger partial charge in [0.05, 0.1) is 0 Å². The van der Waals surface area contributed by atoms with Crippen molar-refractivity contribution in [3.63, 3.8) is 0 Å². The summed E-state index contributed by atoms with van der Waals surface area (Å²) in [6, 6.07) is -0.448. The predicted octanol–water partition coefficient (Wildman–Crippen LogP) is -0.451. The van der Waals surface area contributed by atoms with Crippen molar-refractivity contribution in [2.24, 2.45) is 0 Å². The Morgan fingerprint density at radius 2 is 2.27 bits per heavy atom. The van der Waals surface area contributed by atoms with Gasteiger partial charge in [-0.25, -0.2) is 6.29 Å². The molecule has 5 heteroatoms. The van der Waals surface area contributed by atoms with Crippen LogP contribution in [0.1, 0.15) is 12.8 Å². The number of carboxylic acids is 1. The largest absolute Gasteiger partial charge is 0.540 e. The fourth-order valence-electron chi connectivity index (χ4n) is 0.530. The van der Waals surface area contributed by atoms with Gasteiger partial charge in [0.25, 0.3) is 0 Å². The normalized spacial score (nSPS) is 11.4. The van der Waals surface area contributed by atoms with Crippen molar-refractivity contribution in [1.29, 1.82) is 0 Å². The Morgan fingerprint density at radius 3 is 2.55 bits per heavy atom. The molecule has 0 aromatic heterocycles. The summed E-state index contributed by atoms with van der Waals surface area (Å²) in [4.78, 5) is 19.9. The quantitative estimate of drug-likeness (QED) is 0.643. The molecule has 0 aliphatic rings. The number of nitrogens with one attached hydrogen (secondary N) is 1. The Morgan fingerprint density at radius 1 is 1.73 bits per heavy atom. The molecular weight excluding hydrogens is 361 g/mol. The summed E-state index contributed by atoms with van der Waals surface area (Å²) in [5.41, 5.74) is 0. The molecule has 61 valence electrons. The zero-order chi connectivity index (χ0) is 7.98. The van der Waals surface area contributed by atoms with Gasteiger partial charge >= 0.3 is 5.97 Å². The van der Waals surface area contributed by atoms with Gasteiger partial charge in [-0.15, -0.1) is 0 Å². The van der Waals surface area contributed by atoms with E-state index in [1.807, 2.05) is 0 Å². The minimum atomic E-state index is -0.893. The number of hydrogen-bond acceptors (Lipinski definition) is 3. The van der Waals surface area contributed by atoms with Gasteiger partial charge in [0.15, 0.2) is 0 Å². The van der Waals surface area contributed by atoms with Crippen LogP contribution in [0.15, 0.2) is 0 Å². The second-order valence-electron chi connectivity index (χ2n) is 1.89. The zero-order valence-corrected chi connectivity index (χ0v) is 11.1. The molecule has 0 amide bonds. The van der Waals surface area contributed by atoms with Gasteiger partial charge < -0.3 is 15.2 Å². The van der Waals surface area contributed by atoms with Crippen LogP contribution in [0.5, 0.6) is 0 Å². The molecule has 4 nitrogen and oxygen atoms in total. The van der Waals surface area contributed by atoms with Gasteiger partial charge in [-0.2, -0.15) is 0 Å². The fourth-order valence-corrected chi connectivity index (χ4v) is 0.530. The molecule has 0 aromatic carbocycles. The van der Waals surface area contributed by atoms with E-state index in [-0.39, 0.29) is 50.5 Å². The summed E-state index contributed by atoms with van der Waals surface area (Å²) in [6.45, 7) is 0. The number of carboxylic acid groups (broad SMARTS) is 1. The molecule has 0 saturated heterocycles. The summed E-state index contributed by atoms with van der Waals surface area (Å²) in [5.74, 6) is -0.893. The van der Waals surface area contributed by atoms with E-state index in [2.05, 4.69) is 5.32 Å². The van der Waals surface area contributed by atoms with E-state index in [0.717, 1.165) is 0 Å². The average Bonchev–Trinajstić information content (AvgIpc) is 1.90. The number of hydrogen-bond donors (Lipinski definition) is 2. The summed E-state index contributed by atoms with van der Waals surface area (Å²) in [5, 5.41) is 10.8. The molecule has 0 spiro atoms. The van der Waals surface area contributed by atoms with Crippen molar-refractivity contribution >= 4 is 12.3 Å². The molecular formula is C6H10AcNO3-. The smallest absolute Gasteiger partial charge is 0.303 e. The van der Waals surface area contributed by atoms with Crippen LogP contribution in [-0.2, 0) is 9.59 Å². The zero-order valence-electron chi connectivity index (χ0n) is 6.33. The van der Waals surface area contributed by atoms with Gasteiger partial charge in [-0.3, -0.25) is 4.79 Å². The van der Waals surface area contributed by atoms with Gasteiger partial charge in [0.2, 0.25) is 0 Å². The molecule has 0 fully saturated rings. The topological polar surface area (TPSA) is 66.4 Å². The molecule has 11 heavy (non-hydrogen) atoms. The van der Waals surface area contributed by atoms with E-state index in [1.54, 1.807) is 13.3 Å². The standard InChI is InChI=1S/C6H10NO3.Ac/c1-7-5(4-8)2-3-6(9)10;/h5,7H,2-3H2,1H3,(H,9,10);/q-1;/t5-;/m0./s1. The van der Waals surface area contributed by atoms with Crippen molar-refractivity contribution in [3.05, 3.63) is 0 Å². The van der Waals surface area contributed by atoms with Crippen molar-refractivity contribution in [2.75, 3.05) is 7.05 Å². The van der Waals surface area contributed by atoms with Crippen molar-refractivity contribution in [1.82, 2.24) is 5.32 Å². The van der Waals surface area contributed by atoms with E-state index in [1.165, 1.54) is 0 Å². The number of rotatable bonds is 5. The molecule has 1 radical (unpaired) electrons. The van der Waals surface area contributed by atoms with Crippen LogP contribution in [-0.4, -0.2) is 30.5 Å². The van der Waals surface area contributed by atoms with Gasteiger partial charge in [0.1, 0.15) is 0 Å².